The van der Waals surface area contributed by atoms with Gasteiger partial charge in [-0.2, -0.15) is 0 Å². The molecule has 1 aromatic heterocycles. The molecule has 1 amide bonds. The number of hydrogen-bond donors (Lipinski definition) is 1. The molecule has 4 nitrogen and oxygen atoms in total. The Morgan fingerprint density at radius 1 is 1.67 bits per heavy atom. The van der Waals surface area contributed by atoms with Gasteiger partial charge in [0.05, 0.1) is 5.92 Å². The lowest BCUT2D eigenvalue weighted by Crippen LogP contribution is -2.52. The number of primary amides is 1. The molecule has 0 aromatic carbocycles. The van der Waals surface area contributed by atoms with E-state index in [-0.39, 0.29) is 11.8 Å². The summed E-state index contributed by atoms with van der Waals surface area (Å²) >= 11 is 3.40. The molecule has 1 aromatic rings. The van der Waals surface area contributed by atoms with Gasteiger partial charge >= 0.3 is 0 Å². The molecule has 0 spiro atoms. The second kappa shape index (κ2) is 3.81. The molecule has 1 aliphatic heterocycles. The predicted molar refractivity (Wildman–Crippen MR) is 61.6 cm³/mol. The summed E-state index contributed by atoms with van der Waals surface area (Å²) in [6.45, 7) is 3.38. The Kier molecular flexibility index (Phi) is 2.65. The van der Waals surface area contributed by atoms with Gasteiger partial charge in [0.1, 0.15) is 5.82 Å². The molecule has 0 aliphatic carbocycles. The number of nitrogens with two attached hydrogens (primary N) is 1. The molecular formula is C10H12BrN3O. The number of carbonyl (C=O) groups excluding carboxylic acids is 1. The van der Waals surface area contributed by atoms with Crippen LogP contribution in [0.4, 0.5) is 5.82 Å². The van der Waals surface area contributed by atoms with Gasteiger partial charge in [0.25, 0.3) is 0 Å². The predicted octanol–water partition coefficient (Wildman–Crippen LogP) is 1.07. The molecule has 5 heteroatoms. The number of amides is 1. The van der Waals surface area contributed by atoms with Gasteiger partial charge in [-0.15, -0.1) is 0 Å². The minimum Gasteiger partial charge on any atom is -0.369 e. The lowest BCUT2D eigenvalue weighted by molar-refractivity contribution is -0.122. The SMILES string of the molecule is Cc1cc(N2CC(C(N)=O)C2)ncc1Br. The van der Waals surface area contributed by atoms with Gasteiger partial charge in [-0.1, -0.05) is 0 Å². The number of nitrogens with zero attached hydrogens (tertiary/aromatic N) is 2. The summed E-state index contributed by atoms with van der Waals surface area (Å²) in [5.74, 6) is 0.670. The first kappa shape index (κ1) is 10.4. The van der Waals surface area contributed by atoms with Crippen molar-refractivity contribution in [1.29, 1.82) is 0 Å². The number of rotatable bonds is 2. The van der Waals surface area contributed by atoms with Crippen LogP contribution < -0.4 is 10.6 Å². The second-order valence-corrected chi connectivity index (χ2v) is 4.65. The molecule has 0 atom stereocenters. The lowest BCUT2D eigenvalue weighted by atomic mass is 9.99. The number of pyridine rings is 1. The number of anilines is 1. The molecule has 2 heterocycles. The maximum absolute atomic E-state index is 10.8. The number of hydrogen-bond acceptors (Lipinski definition) is 3. The lowest BCUT2D eigenvalue weighted by Gasteiger charge is -2.38. The van der Waals surface area contributed by atoms with E-state index in [0.717, 1.165) is 15.9 Å². The van der Waals surface area contributed by atoms with E-state index in [1.165, 1.54) is 0 Å². The van der Waals surface area contributed by atoms with Crippen LogP contribution in [-0.2, 0) is 4.79 Å². The molecule has 0 unspecified atom stereocenters. The van der Waals surface area contributed by atoms with Crippen molar-refractivity contribution in [3.63, 3.8) is 0 Å². The highest BCUT2D eigenvalue weighted by molar-refractivity contribution is 9.10. The summed E-state index contributed by atoms with van der Waals surface area (Å²) in [6, 6.07) is 2.00. The first-order valence-corrected chi connectivity index (χ1v) is 5.53. The Bertz CT molecular complexity index is 402. The molecule has 0 bridgehead atoms. The largest absolute Gasteiger partial charge is 0.369 e. The summed E-state index contributed by atoms with van der Waals surface area (Å²) in [6.07, 6.45) is 1.78. The number of aryl methyl sites for hydroxylation is 1. The monoisotopic (exact) mass is 269 g/mol. The highest BCUT2D eigenvalue weighted by Gasteiger charge is 2.31. The first-order valence-electron chi connectivity index (χ1n) is 4.74. The Hall–Kier alpha value is -1.10. The van der Waals surface area contributed by atoms with E-state index in [9.17, 15) is 4.79 Å². The molecule has 15 heavy (non-hydrogen) atoms. The van der Waals surface area contributed by atoms with Crippen molar-refractivity contribution in [2.24, 2.45) is 11.7 Å². The van der Waals surface area contributed by atoms with Crippen molar-refractivity contribution >= 4 is 27.7 Å². The fourth-order valence-corrected chi connectivity index (χ4v) is 1.76. The van der Waals surface area contributed by atoms with Gasteiger partial charge in [-0.25, -0.2) is 4.98 Å². The zero-order valence-corrected chi connectivity index (χ0v) is 9.99. The summed E-state index contributed by atoms with van der Waals surface area (Å²) in [4.78, 5) is 17.2. The summed E-state index contributed by atoms with van der Waals surface area (Å²) in [5, 5.41) is 0. The highest BCUT2D eigenvalue weighted by atomic mass is 79.9. The van der Waals surface area contributed by atoms with Crippen molar-refractivity contribution < 1.29 is 4.79 Å². The fraction of sp³-hybridized carbons (Fsp3) is 0.400. The minimum atomic E-state index is -0.222. The normalized spacial score (nSPS) is 16.3. The standard InChI is InChI=1S/C10H12BrN3O/c1-6-2-9(13-3-8(6)11)14-4-7(5-14)10(12)15/h2-3,7H,4-5H2,1H3,(H2,12,15). The first-order chi connectivity index (χ1) is 7.08. The molecule has 0 saturated carbocycles. The van der Waals surface area contributed by atoms with Crippen LogP contribution in [0.15, 0.2) is 16.7 Å². The van der Waals surface area contributed by atoms with Crippen molar-refractivity contribution in [2.45, 2.75) is 6.92 Å². The third-order valence-corrected chi connectivity index (χ3v) is 3.47. The Balaban J connectivity index is 2.07. The van der Waals surface area contributed by atoms with Gasteiger partial charge < -0.3 is 10.6 Å². The molecule has 80 valence electrons. The van der Waals surface area contributed by atoms with E-state index in [1.54, 1.807) is 6.20 Å². The van der Waals surface area contributed by atoms with E-state index in [0.29, 0.717) is 13.1 Å². The summed E-state index contributed by atoms with van der Waals surface area (Å²) in [7, 11) is 0. The number of halogens is 1. The zero-order chi connectivity index (χ0) is 11.0. The topological polar surface area (TPSA) is 59.2 Å². The van der Waals surface area contributed by atoms with Crippen LogP contribution in [-0.4, -0.2) is 24.0 Å². The molecule has 1 saturated heterocycles. The van der Waals surface area contributed by atoms with Crippen molar-refractivity contribution in [1.82, 2.24) is 4.98 Å². The van der Waals surface area contributed by atoms with E-state index >= 15 is 0 Å². The summed E-state index contributed by atoms with van der Waals surface area (Å²) in [5.41, 5.74) is 6.34. The van der Waals surface area contributed by atoms with Crippen molar-refractivity contribution in [2.75, 3.05) is 18.0 Å². The average Bonchev–Trinajstić information content (AvgIpc) is 2.08. The van der Waals surface area contributed by atoms with Crippen LogP contribution in [0.3, 0.4) is 0 Å². The van der Waals surface area contributed by atoms with Crippen molar-refractivity contribution in [3.05, 3.63) is 22.3 Å². The van der Waals surface area contributed by atoms with Gasteiger partial charge in [-0.05, 0) is 34.5 Å². The molecule has 0 radical (unpaired) electrons. The minimum absolute atomic E-state index is 0.0178. The fourth-order valence-electron chi connectivity index (χ4n) is 1.54. The summed E-state index contributed by atoms with van der Waals surface area (Å²) < 4.78 is 0.998. The third kappa shape index (κ3) is 1.97. The maximum atomic E-state index is 10.8. The third-order valence-electron chi connectivity index (χ3n) is 2.64. The average molecular weight is 270 g/mol. The van der Waals surface area contributed by atoms with Gasteiger partial charge in [-0.3, -0.25) is 4.79 Å². The quantitative estimate of drug-likeness (QED) is 0.874. The van der Waals surface area contributed by atoms with Crippen LogP contribution in [0.1, 0.15) is 5.56 Å². The molecule has 1 fully saturated rings. The molecule has 2 N–H and O–H groups in total. The van der Waals surface area contributed by atoms with E-state index in [1.807, 2.05) is 13.0 Å². The number of carbonyl (C=O) groups is 1. The van der Waals surface area contributed by atoms with Crippen LogP contribution in [0.5, 0.6) is 0 Å². The number of aromatic nitrogens is 1. The van der Waals surface area contributed by atoms with E-state index < -0.39 is 0 Å². The Morgan fingerprint density at radius 3 is 2.87 bits per heavy atom. The molecular weight excluding hydrogens is 258 g/mol. The van der Waals surface area contributed by atoms with Crippen LogP contribution in [0.2, 0.25) is 0 Å². The van der Waals surface area contributed by atoms with Gasteiger partial charge in [0, 0.05) is 23.8 Å². The zero-order valence-electron chi connectivity index (χ0n) is 8.40. The van der Waals surface area contributed by atoms with E-state index in [4.69, 9.17) is 5.73 Å². The van der Waals surface area contributed by atoms with E-state index in [2.05, 4.69) is 25.8 Å². The smallest absolute Gasteiger partial charge is 0.224 e. The molecule has 2 rings (SSSR count). The maximum Gasteiger partial charge on any atom is 0.224 e. The highest BCUT2D eigenvalue weighted by Crippen LogP contribution is 2.25. The molecule has 1 aliphatic rings. The Morgan fingerprint density at radius 2 is 2.33 bits per heavy atom. The van der Waals surface area contributed by atoms with Gasteiger partial charge in [0.15, 0.2) is 0 Å². The van der Waals surface area contributed by atoms with Crippen LogP contribution in [0, 0.1) is 12.8 Å². The Labute approximate surface area is 96.6 Å². The van der Waals surface area contributed by atoms with Gasteiger partial charge in [0.2, 0.25) is 5.91 Å². The van der Waals surface area contributed by atoms with Crippen molar-refractivity contribution in [3.8, 4) is 0 Å². The second-order valence-electron chi connectivity index (χ2n) is 3.80. The van der Waals surface area contributed by atoms with Crippen LogP contribution >= 0.6 is 15.9 Å². The van der Waals surface area contributed by atoms with Crippen LogP contribution in [0.25, 0.3) is 0 Å².